The first kappa shape index (κ1) is 29.8. The van der Waals surface area contributed by atoms with Crippen molar-refractivity contribution in [1.29, 1.82) is 0 Å². The predicted octanol–water partition coefficient (Wildman–Crippen LogP) is 7.27. The molecule has 2 aromatic carbocycles. The highest BCUT2D eigenvalue weighted by Gasteiger charge is 2.62. The Morgan fingerprint density at radius 3 is 2.08 bits per heavy atom. The van der Waals surface area contributed by atoms with E-state index in [9.17, 15) is 5.11 Å². The second-order valence-electron chi connectivity index (χ2n) is 15.2. The fourth-order valence-corrected chi connectivity index (χ4v) is 13.5. The Balaban J connectivity index is 1.36. The van der Waals surface area contributed by atoms with E-state index in [0.717, 1.165) is 12.8 Å². The maximum absolute atomic E-state index is 11.9. The van der Waals surface area contributed by atoms with Gasteiger partial charge >= 0.3 is 0 Å². The van der Waals surface area contributed by atoms with Crippen molar-refractivity contribution in [2.24, 2.45) is 22.7 Å². The molecular formula is C36H52O3Si. The molecule has 3 aliphatic rings. The van der Waals surface area contributed by atoms with Crippen LogP contribution in [-0.4, -0.2) is 37.8 Å². The van der Waals surface area contributed by atoms with Crippen LogP contribution in [-0.2, 0) is 9.16 Å². The summed E-state index contributed by atoms with van der Waals surface area (Å²) in [7, 11) is -2.59. The van der Waals surface area contributed by atoms with Gasteiger partial charge in [-0.1, -0.05) is 120 Å². The number of allylic oxidation sites excluding steroid dienone is 1. The van der Waals surface area contributed by atoms with Crippen LogP contribution in [0.5, 0.6) is 0 Å². The number of hydrogen-bond acceptors (Lipinski definition) is 3. The van der Waals surface area contributed by atoms with Crippen LogP contribution >= 0.6 is 0 Å². The van der Waals surface area contributed by atoms with Crippen molar-refractivity contribution >= 4 is 18.7 Å². The monoisotopic (exact) mass is 560 g/mol. The SMILES string of the molecule is CC1=CCC2C(C)(C)CCC[C@]2(C)[C@H]1[C@@H](O)[C@H]1O[C@@]1(C)CCO[Si](c1ccccc1)(c1ccccc1)C(C)(C)C. The van der Waals surface area contributed by atoms with Gasteiger partial charge in [-0.05, 0) is 65.3 Å². The number of benzene rings is 2. The van der Waals surface area contributed by atoms with Crippen LogP contribution in [0.1, 0.15) is 87.5 Å². The zero-order valence-corrected chi connectivity index (χ0v) is 27.2. The van der Waals surface area contributed by atoms with Gasteiger partial charge in [0.2, 0.25) is 0 Å². The average Bonchev–Trinajstić information content (AvgIpc) is 3.57. The molecule has 218 valence electrons. The van der Waals surface area contributed by atoms with Crippen molar-refractivity contribution in [3.05, 3.63) is 72.3 Å². The molecule has 2 fully saturated rings. The summed E-state index contributed by atoms with van der Waals surface area (Å²) in [5.41, 5.74) is 1.40. The molecule has 0 spiro atoms. The fourth-order valence-electron chi connectivity index (χ4n) is 8.97. The van der Waals surface area contributed by atoms with Crippen LogP contribution < -0.4 is 10.4 Å². The Bertz CT molecular complexity index is 1160. The van der Waals surface area contributed by atoms with Gasteiger partial charge in [0.1, 0.15) is 6.10 Å². The minimum Gasteiger partial charge on any atom is -0.407 e. The van der Waals surface area contributed by atoms with E-state index < -0.39 is 14.4 Å². The van der Waals surface area contributed by atoms with E-state index >= 15 is 0 Å². The van der Waals surface area contributed by atoms with Gasteiger partial charge < -0.3 is 14.3 Å². The molecule has 0 aromatic heterocycles. The molecule has 1 heterocycles. The van der Waals surface area contributed by atoms with Crippen LogP contribution in [0, 0.1) is 22.7 Å². The second kappa shape index (κ2) is 10.5. The van der Waals surface area contributed by atoms with Gasteiger partial charge in [0, 0.05) is 18.9 Å². The summed E-state index contributed by atoms with van der Waals surface area (Å²) in [5.74, 6) is 0.746. The minimum atomic E-state index is -2.59. The predicted molar refractivity (Wildman–Crippen MR) is 169 cm³/mol. The standard InChI is InChI=1S/C36H52O3Si/c1-26-20-21-29-34(5,6)22-15-23-35(29,7)30(26)31(37)32-36(8,39-32)24-25-38-40(33(2,3)4,27-16-11-9-12-17-27)28-18-13-10-14-19-28/h9-14,16-20,29-32,37H,15,21-25H2,1-8H3/t29?,30-,31-,32-,35+,36+/m1/s1. The minimum absolute atomic E-state index is 0.0542. The number of fused-ring (bicyclic) bond motifs is 1. The third-order valence-electron chi connectivity index (χ3n) is 11.1. The summed E-state index contributed by atoms with van der Waals surface area (Å²) >= 11 is 0. The van der Waals surface area contributed by atoms with Crippen molar-refractivity contribution in [3.63, 3.8) is 0 Å². The van der Waals surface area contributed by atoms with E-state index in [-0.39, 0.29) is 28.1 Å². The molecule has 6 atom stereocenters. The van der Waals surface area contributed by atoms with Gasteiger partial charge in [-0.15, -0.1) is 0 Å². The van der Waals surface area contributed by atoms with E-state index in [1.165, 1.54) is 35.2 Å². The lowest BCUT2D eigenvalue weighted by Gasteiger charge is -2.57. The molecule has 3 nitrogen and oxygen atoms in total. The molecule has 2 aromatic rings. The van der Waals surface area contributed by atoms with Gasteiger partial charge in [-0.2, -0.15) is 0 Å². The summed E-state index contributed by atoms with van der Waals surface area (Å²) in [6, 6.07) is 21.7. The molecule has 1 saturated heterocycles. The van der Waals surface area contributed by atoms with Crippen molar-refractivity contribution in [2.45, 2.75) is 110 Å². The Morgan fingerprint density at radius 2 is 1.52 bits per heavy atom. The average molecular weight is 561 g/mol. The molecule has 4 heteroatoms. The van der Waals surface area contributed by atoms with Gasteiger partial charge in [-0.25, -0.2) is 0 Å². The van der Waals surface area contributed by atoms with Crippen LogP contribution in [0.15, 0.2) is 72.3 Å². The zero-order chi connectivity index (χ0) is 29.0. The Morgan fingerprint density at radius 1 is 0.950 bits per heavy atom. The number of aliphatic hydroxyl groups excluding tert-OH is 1. The maximum Gasteiger partial charge on any atom is 0.261 e. The first-order valence-electron chi connectivity index (χ1n) is 15.5. The molecule has 0 bridgehead atoms. The van der Waals surface area contributed by atoms with E-state index in [4.69, 9.17) is 9.16 Å². The summed E-state index contributed by atoms with van der Waals surface area (Å²) in [6.07, 6.45) is 7.40. The number of ether oxygens (including phenoxy) is 1. The number of hydrogen-bond donors (Lipinski definition) is 1. The normalized spacial score (nSPS) is 32.6. The third-order valence-corrected chi connectivity index (χ3v) is 16.1. The lowest BCUT2D eigenvalue weighted by Crippen LogP contribution is -2.66. The van der Waals surface area contributed by atoms with Crippen molar-refractivity contribution < 1.29 is 14.3 Å². The molecule has 0 amide bonds. The lowest BCUT2D eigenvalue weighted by molar-refractivity contribution is -0.0803. The molecule has 40 heavy (non-hydrogen) atoms. The van der Waals surface area contributed by atoms with Gasteiger partial charge in [0.15, 0.2) is 0 Å². The molecule has 5 rings (SSSR count). The smallest absolute Gasteiger partial charge is 0.261 e. The third kappa shape index (κ3) is 4.97. The first-order chi connectivity index (χ1) is 18.8. The second-order valence-corrected chi connectivity index (χ2v) is 19.5. The number of aliphatic hydroxyl groups is 1. The summed E-state index contributed by atoms with van der Waals surface area (Å²) < 4.78 is 13.6. The first-order valence-corrected chi connectivity index (χ1v) is 17.4. The van der Waals surface area contributed by atoms with Crippen molar-refractivity contribution in [2.75, 3.05) is 6.61 Å². The molecular weight excluding hydrogens is 508 g/mol. The molecule has 1 unspecified atom stereocenters. The summed E-state index contributed by atoms with van der Waals surface area (Å²) in [6.45, 7) is 19.3. The number of epoxide rings is 1. The topological polar surface area (TPSA) is 42.0 Å². The maximum atomic E-state index is 11.9. The highest BCUT2D eigenvalue weighted by Crippen LogP contribution is 2.62. The van der Waals surface area contributed by atoms with E-state index in [1.54, 1.807) is 0 Å². The zero-order valence-electron chi connectivity index (χ0n) is 26.2. The van der Waals surface area contributed by atoms with E-state index in [2.05, 4.69) is 122 Å². The van der Waals surface area contributed by atoms with Crippen molar-refractivity contribution in [1.82, 2.24) is 0 Å². The van der Waals surface area contributed by atoms with Gasteiger partial charge in [0.25, 0.3) is 8.32 Å². The summed E-state index contributed by atoms with van der Waals surface area (Å²) in [4.78, 5) is 0. The van der Waals surface area contributed by atoms with Crippen LogP contribution in [0.3, 0.4) is 0 Å². The molecule has 2 aliphatic carbocycles. The number of rotatable bonds is 8. The van der Waals surface area contributed by atoms with Crippen LogP contribution in [0.2, 0.25) is 5.04 Å². The molecule has 0 radical (unpaired) electrons. The van der Waals surface area contributed by atoms with Gasteiger partial charge in [-0.3, -0.25) is 0 Å². The van der Waals surface area contributed by atoms with Gasteiger partial charge in [0.05, 0.1) is 11.7 Å². The highest BCUT2D eigenvalue weighted by atomic mass is 28.4. The largest absolute Gasteiger partial charge is 0.407 e. The molecule has 1 saturated carbocycles. The Kier molecular flexibility index (Phi) is 7.83. The quantitative estimate of drug-likeness (QED) is 0.210. The van der Waals surface area contributed by atoms with Crippen molar-refractivity contribution in [3.8, 4) is 0 Å². The Hall–Kier alpha value is -1.72. The highest BCUT2D eigenvalue weighted by molar-refractivity contribution is 6.99. The summed E-state index contributed by atoms with van der Waals surface area (Å²) in [5, 5.41) is 14.5. The molecule has 1 aliphatic heterocycles. The van der Waals surface area contributed by atoms with Crippen LogP contribution in [0.25, 0.3) is 0 Å². The lowest BCUT2D eigenvalue weighted by atomic mass is 9.47. The molecule has 1 N–H and O–H groups in total. The van der Waals surface area contributed by atoms with E-state index in [1.807, 2.05) is 0 Å². The van der Waals surface area contributed by atoms with Crippen LogP contribution in [0.4, 0.5) is 0 Å². The van der Waals surface area contributed by atoms with E-state index in [0.29, 0.717) is 17.9 Å². The Labute approximate surface area is 244 Å². The fraction of sp³-hybridized carbons (Fsp3) is 0.611.